The highest BCUT2D eigenvalue weighted by Gasteiger charge is 1.99. The molecule has 0 heterocycles. The van der Waals surface area contributed by atoms with Crippen molar-refractivity contribution >= 4 is 31.9 Å². The minimum absolute atomic E-state index is 0.797. The third-order valence-corrected chi connectivity index (χ3v) is 2.43. The zero-order valence-corrected chi connectivity index (χ0v) is 8.44. The fourth-order valence-corrected chi connectivity index (χ4v) is 1.79. The van der Waals surface area contributed by atoms with E-state index in [4.69, 9.17) is 5.73 Å². The molecule has 0 aromatic rings. The lowest BCUT2D eigenvalue weighted by Gasteiger charge is -1.94. The van der Waals surface area contributed by atoms with Crippen LogP contribution in [0.2, 0.25) is 0 Å². The zero-order valence-electron chi connectivity index (χ0n) is 5.27. The van der Waals surface area contributed by atoms with Crippen LogP contribution in [0.1, 0.15) is 6.42 Å². The molecule has 0 aromatic heterocycles. The molecule has 0 spiro atoms. The molecule has 0 radical (unpaired) electrons. The minimum Gasteiger partial charge on any atom is -0.398 e. The van der Waals surface area contributed by atoms with E-state index in [1.165, 1.54) is 0 Å². The van der Waals surface area contributed by atoms with Gasteiger partial charge in [-0.1, -0.05) is 28.1 Å². The van der Waals surface area contributed by atoms with Crippen LogP contribution in [0.15, 0.2) is 32.9 Å². The van der Waals surface area contributed by atoms with Gasteiger partial charge in [0.15, 0.2) is 0 Å². The summed E-state index contributed by atoms with van der Waals surface area (Å²) in [5, 5.41) is 0. The van der Waals surface area contributed by atoms with Crippen LogP contribution in [0, 0.1) is 0 Å². The van der Waals surface area contributed by atoms with Gasteiger partial charge in [0.2, 0.25) is 0 Å². The summed E-state index contributed by atoms with van der Waals surface area (Å²) in [6.45, 7) is 0. The maximum absolute atomic E-state index is 5.63. The smallest absolute Gasteiger partial charge is 0.0421 e. The van der Waals surface area contributed by atoms with E-state index < -0.39 is 0 Å². The summed E-state index contributed by atoms with van der Waals surface area (Å²) in [7, 11) is 0. The molecule has 54 valence electrons. The van der Waals surface area contributed by atoms with Gasteiger partial charge in [0.25, 0.3) is 0 Å². The lowest BCUT2D eigenvalue weighted by molar-refractivity contribution is 1.31. The van der Waals surface area contributed by atoms with Crippen molar-refractivity contribution in [2.24, 2.45) is 5.73 Å². The van der Waals surface area contributed by atoms with E-state index in [2.05, 4.69) is 37.9 Å². The topological polar surface area (TPSA) is 26.0 Å². The molecule has 0 unspecified atom stereocenters. The second kappa shape index (κ2) is 3.39. The fraction of sp³-hybridized carbons (Fsp3) is 0.143. The van der Waals surface area contributed by atoms with Gasteiger partial charge >= 0.3 is 0 Å². The molecule has 0 fully saturated rings. The Morgan fingerprint density at radius 1 is 1.30 bits per heavy atom. The predicted molar refractivity (Wildman–Crippen MR) is 50.9 cm³/mol. The minimum atomic E-state index is 0.797. The predicted octanol–water partition coefficient (Wildman–Crippen LogP) is 2.79. The SMILES string of the molecule is NC1=CCC=C(Br)C=C1Br. The van der Waals surface area contributed by atoms with Crippen molar-refractivity contribution in [3.8, 4) is 0 Å². The molecule has 0 aromatic carbocycles. The number of halogens is 2. The number of nitrogens with two attached hydrogens (primary N) is 1. The van der Waals surface area contributed by atoms with Gasteiger partial charge in [-0.15, -0.1) is 0 Å². The van der Waals surface area contributed by atoms with Crippen molar-refractivity contribution < 1.29 is 0 Å². The number of hydrogen-bond donors (Lipinski definition) is 1. The quantitative estimate of drug-likeness (QED) is 0.716. The first-order chi connectivity index (χ1) is 4.70. The molecule has 2 N–H and O–H groups in total. The molecule has 0 atom stereocenters. The highest BCUT2D eigenvalue weighted by atomic mass is 79.9. The van der Waals surface area contributed by atoms with E-state index in [1.807, 2.05) is 12.2 Å². The van der Waals surface area contributed by atoms with Gasteiger partial charge in [0.1, 0.15) is 0 Å². The standard InChI is InChI=1S/C7H7Br2N/c8-5-2-1-3-7(10)6(9)4-5/h2-4H,1,10H2. The van der Waals surface area contributed by atoms with Crippen molar-refractivity contribution in [2.45, 2.75) is 6.42 Å². The Kier molecular flexibility index (Phi) is 2.74. The van der Waals surface area contributed by atoms with E-state index >= 15 is 0 Å². The maximum Gasteiger partial charge on any atom is 0.0421 e. The van der Waals surface area contributed by atoms with E-state index in [-0.39, 0.29) is 0 Å². The van der Waals surface area contributed by atoms with Crippen LogP contribution in [0.4, 0.5) is 0 Å². The summed E-state index contributed by atoms with van der Waals surface area (Å²) in [6, 6.07) is 0. The van der Waals surface area contributed by atoms with Gasteiger partial charge in [0, 0.05) is 14.7 Å². The van der Waals surface area contributed by atoms with Gasteiger partial charge < -0.3 is 5.73 Å². The Bertz CT molecular complexity index is 226. The molecule has 0 aliphatic heterocycles. The lowest BCUT2D eigenvalue weighted by atomic mass is 10.3. The Hall–Kier alpha value is -0.0200. The van der Waals surface area contributed by atoms with Crippen LogP contribution < -0.4 is 5.73 Å². The molecule has 3 heteroatoms. The average Bonchev–Trinajstić information content (AvgIpc) is 1.96. The van der Waals surface area contributed by atoms with Crippen LogP contribution in [-0.4, -0.2) is 0 Å². The molecule has 1 rings (SSSR count). The van der Waals surface area contributed by atoms with Crippen molar-refractivity contribution in [2.75, 3.05) is 0 Å². The summed E-state index contributed by atoms with van der Waals surface area (Å²) in [6.07, 6.45) is 6.85. The van der Waals surface area contributed by atoms with Crippen LogP contribution in [0.25, 0.3) is 0 Å². The molecule has 1 aliphatic rings. The highest BCUT2D eigenvalue weighted by molar-refractivity contribution is 9.12. The molecule has 0 amide bonds. The maximum atomic E-state index is 5.63. The normalized spacial score (nSPS) is 18.8. The van der Waals surface area contributed by atoms with Crippen molar-refractivity contribution in [1.82, 2.24) is 0 Å². The second-order valence-electron chi connectivity index (χ2n) is 1.98. The summed E-state index contributed by atoms with van der Waals surface area (Å²) < 4.78 is 2.00. The van der Waals surface area contributed by atoms with Crippen molar-refractivity contribution in [1.29, 1.82) is 0 Å². The number of hydrogen-bond acceptors (Lipinski definition) is 1. The second-order valence-corrected chi connectivity index (χ2v) is 3.75. The zero-order chi connectivity index (χ0) is 7.56. The Morgan fingerprint density at radius 3 is 2.70 bits per heavy atom. The molecule has 1 aliphatic carbocycles. The van der Waals surface area contributed by atoms with E-state index in [1.54, 1.807) is 0 Å². The molecular weight excluding hydrogens is 258 g/mol. The number of allylic oxidation sites excluding steroid dienone is 5. The van der Waals surface area contributed by atoms with E-state index in [9.17, 15) is 0 Å². The third-order valence-electron chi connectivity index (χ3n) is 1.19. The average molecular weight is 265 g/mol. The summed E-state index contributed by atoms with van der Waals surface area (Å²) in [5.41, 5.74) is 6.43. The van der Waals surface area contributed by atoms with E-state index in [0.29, 0.717) is 0 Å². The summed E-state index contributed by atoms with van der Waals surface area (Å²) >= 11 is 6.71. The van der Waals surface area contributed by atoms with Crippen LogP contribution in [0.3, 0.4) is 0 Å². The lowest BCUT2D eigenvalue weighted by Crippen LogP contribution is -1.94. The van der Waals surface area contributed by atoms with Crippen LogP contribution in [-0.2, 0) is 0 Å². The van der Waals surface area contributed by atoms with E-state index in [0.717, 1.165) is 21.1 Å². The van der Waals surface area contributed by atoms with Crippen LogP contribution in [0.5, 0.6) is 0 Å². The van der Waals surface area contributed by atoms with Gasteiger partial charge in [0.05, 0.1) is 0 Å². The van der Waals surface area contributed by atoms with Crippen molar-refractivity contribution in [3.05, 3.63) is 32.9 Å². The Morgan fingerprint density at radius 2 is 2.00 bits per heavy atom. The largest absolute Gasteiger partial charge is 0.398 e. The number of rotatable bonds is 0. The van der Waals surface area contributed by atoms with Gasteiger partial charge in [-0.05, 0) is 28.4 Å². The van der Waals surface area contributed by atoms with Gasteiger partial charge in [-0.25, -0.2) is 0 Å². The highest BCUT2D eigenvalue weighted by Crippen LogP contribution is 2.22. The molecule has 0 bridgehead atoms. The van der Waals surface area contributed by atoms with Crippen molar-refractivity contribution in [3.63, 3.8) is 0 Å². The molecule has 0 saturated carbocycles. The first-order valence-corrected chi connectivity index (χ1v) is 4.47. The molecule has 1 nitrogen and oxygen atoms in total. The molecule has 0 saturated heterocycles. The monoisotopic (exact) mass is 263 g/mol. The Labute approximate surface area is 76.9 Å². The van der Waals surface area contributed by atoms with Crippen LogP contribution >= 0.6 is 31.9 Å². The third kappa shape index (κ3) is 1.99. The fourth-order valence-electron chi connectivity index (χ4n) is 0.659. The first kappa shape index (κ1) is 8.08. The summed E-state index contributed by atoms with van der Waals surface area (Å²) in [5.74, 6) is 0. The van der Waals surface area contributed by atoms with Gasteiger partial charge in [-0.3, -0.25) is 0 Å². The Balaban J connectivity index is 2.92. The molecular formula is C7H7Br2N. The first-order valence-electron chi connectivity index (χ1n) is 2.89. The molecule has 10 heavy (non-hydrogen) atoms. The van der Waals surface area contributed by atoms with Gasteiger partial charge in [-0.2, -0.15) is 0 Å². The summed E-state index contributed by atoms with van der Waals surface area (Å²) in [4.78, 5) is 0.